The molecule has 102 valence electrons. The first-order chi connectivity index (χ1) is 9.84. The second-order valence-electron chi connectivity index (χ2n) is 5.01. The number of rotatable bonds is 3. The number of nitrogens with one attached hydrogen (secondary N) is 2. The highest BCUT2D eigenvalue weighted by Crippen LogP contribution is 2.28. The standard InChI is InChI=1S/C16H17N3O/c20-16(19-13-7-4-8-17-9-13)15-11-18-10-14(15)12-5-2-1-3-6-12/h1-9,14-15,18H,10-11H2,(H,19,20)/t14-,15+/m1/s1. The molecule has 2 atom stereocenters. The van der Waals surface area contributed by atoms with Gasteiger partial charge in [0.1, 0.15) is 0 Å². The van der Waals surface area contributed by atoms with Crippen molar-refractivity contribution in [1.82, 2.24) is 10.3 Å². The lowest BCUT2D eigenvalue weighted by molar-refractivity contribution is -0.119. The van der Waals surface area contributed by atoms with Crippen LogP contribution >= 0.6 is 0 Å². The molecule has 4 heteroatoms. The molecule has 0 aliphatic carbocycles. The fourth-order valence-corrected chi connectivity index (χ4v) is 2.68. The first-order valence-electron chi connectivity index (χ1n) is 6.81. The Kier molecular flexibility index (Phi) is 3.74. The molecule has 0 radical (unpaired) electrons. The Morgan fingerprint density at radius 1 is 1.15 bits per heavy atom. The summed E-state index contributed by atoms with van der Waals surface area (Å²) < 4.78 is 0. The molecule has 2 N–H and O–H groups in total. The Morgan fingerprint density at radius 3 is 2.75 bits per heavy atom. The summed E-state index contributed by atoms with van der Waals surface area (Å²) in [6, 6.07) is 13.9. The molecule has 0 spiro atoms. The Balaban J connectivity index is 1.74. The van der Waals surface area contributed by atoms with Gasteiger partial charge in [0.2, 0.25) is 5.91 Å². The average Bonchev–Trinajstić information content (AvgIpc) is 2.99. The first kappa shape index (κ1) is 12.8. The highest BCUT2D eigenvalue weighted by molar-refractivity contribution is 5.93. The van der Waals surface area contributed by atoms with Gasteiger partial charge in [-0.1, -0.05) is 30.3 Å². The minimum Gasteiger partial charge on any atom is -0.324 e. The Morgan fingerprint density at radius 2 is 2.00 bits per heavy atom. The van der Waals surface area contributed by atoms with E-state index in [0.717, 1.165) is 12.2 Å². The maximum atomic E-state index is 12.4. The normalized spacial score (nSPS) is 21.6. The molecule has 1 aliphatic heterocycles. The van der Waals surface area contributed by atoms with Crippen molar-refractivity contribution in [2.24, 2.45) is 5.92 Å². The van der Waals surface area contributed by atoms with E-state index < -0.39 is 0 Å². The van der Waals surface area contributed by atoms with Crippen molar-refractivity contribution in [2.45, 2.75) is 5.92 Å². The molecule has 1 aromatic carbocycles. The highest BCUT2D eigenvalue weighted by Gasteiger charge is 2.33. The molecule has 0 unspecified atom stereocenters. The van der Waals surface area contributed by atoms with Gasteiger partial charge < -0.3 is 10.6 Å². The summed E-state index contributed by atoms with van der Waals surface area (Å²) in [6.07, 6.45) is 3.36. The van der Waals surface area contributed by atoms with Gasteiger partial charge in [-0.15, -0.1) is 0 Å². The second-order valence-corrected chi connectivity index (χ2v) is 5.01. The number of carbonyl (C=O) groups is 1. The fourth-order valence-electron chi connectivity index (χ4n) is 2.68. The lowest BCUT2D eigenvalue weighted by Gasteiger charge is -2.18. The topological polar surface area (TPSA) is 54.0 Å². The fraction of sp³-hybridized carbons (Fsp3) is 0.250. The largest absolute Gasteiger partial charge is 0.324 e. The van der Waals surface area contributed by atoms with E-state index in [1.165, 1.54) is 5.56 Å². The molecule has 1 aromatic heterocycles. The van der Waals surface area contributed by atoms with Crippen LogP contribution in [0, 0.1) is 5.92 Å². The van der Waals surface area contributed by atoms with Gasteiger partial charge in [-0.3, -0.25) is 9.78 Å². The average molecular weight is 267 g/mol. The number of anilines is 1. The molecule has 1 fully saturated rings. The lowest BCUT2D eigenvalue weighted by Crippen LogP contribution is -2.28. The van der Waals surface area contributed by atoms with Crippen LogP contribution in [0.5, 0.6) is 0 Å². The van der Waals surface area contributed by atoms with Crippen LogP contribution in [-0.2, 0) is 4.79 Å². The third-order valence-corrected chi connectivity index (χ3v) is 3.71. The number of benzene rings is 1. The van der Waals surface area contributed by atoms with Crippen molar-refractivity contribution in [3.05, 3.63) is 60.4 Å². The van der Waals surface area contributed by atoms with Crippen molar-refractivity contribution in [2.75, 3.05) is 18.4 Å². The minimum atomic E-state index is -0.0439. The number of aromatic nitrogens is 1. The Hall–Kier alpha value is -2.20. The number of pyridine rings is 1. The van der Waals surface area contributed by atoms with Crippen LogP contribution in [0.3, 0.4) is 0 Å². The third-order valence-electron chi connectivity index (χ3n) is 3.71. The van der Waals surface area contributed by atoms with Crippen LogP contribution in [0.4, 0.5) is 5.69 Å². The molecule has 2 heterocycles. The van der Waals surface area contributed by atoms with E-state index in [-0.39, 0.29) is 17.7 Å². The first-order valence-corrected chi connectivity index (χ1v) is 6.81. The molecular weight excluding hydrogens is 250 g/mol. The molecule has 0 saturated carbocycles. The van der Waals surface area contributed by atoms with Crippen molar-refractivity contribution < 1.29 is 4.79 Å². The SMILES string of the molecule is O=C(Nc1cccnc1)[C@H]1CNC[C@@H]1c1ccccc1. The van der Waals surface area contributed by atoms with E-state index in [0.29, 0.717) is 6.54 Å². The second kappa shape index (κ2) is 5.84. The van der Waals surface area contributed by atoms with Crippen LogP contribution in [-0.4, -0.2) is 24.0 Å². The predicted molar refractivity (Wildman–Crippen MR) is 78.4 cm³/mol. The smallest absolute Gasteiger partial charge is 0.229 e. The molecule has 2 aromatic rings. The van der Waals surface area contributed by atoms with Gasteiger partial charge in [-0.2, -0.15) is 0 Å². The van der Waals surface area contributed by atoms with Gasteiger partial charge in [0, 0.05) is 25.2 Å². The zero-order valence-corrected chi connectivity index (χ0v) is 11.1. The monoisotopic (exact) mass is 267 g/mol. The van der Waals surface area contributed by atoms with Crippen molar-refractivity contribution in [1.29, 1.82) is 0 Å². The summed E-state index contributed by atoms with van der Waals surface area (Å²) in [6.45, 7) is 1.56. The van der Waals surface area contributed by atoms with E-state index in [9.17, 15) is 4.79 Å². The van der Waals surface area contributed by atoms with Gasteiger partial charge in [-0.05, 0) is 17.7 Å². The molecule has 1 saturated heterocycles. The maximum Gasteiger partial charge on any atom is 0.229 e. The van der Waals surface area contributed by atoms with Crippen LogP contribution in [0.2, 0.25) is 0 Å². The molecule has 1 aliphatic rings. The quantitative estimate of drug-likeness (QED) is 0.894. The van der Waals surface area contributed by atoms with Gasteiger partial charge in [-0.25, -0.2) is 0 Å². The van der Waals surface area contributed by atoms with Crippen LogP contribution in [0.15, 0.2) is 54.9 Å². The van der Waals surface area contributed by atoms with E-state index in [1.807, 2.05) is 30.3 Å². The summed E-state index contributed by atoms with van der Waals surface area (Å²) in [5, 5.41) is 6.25. The van der Waals surface area contributed by atoms with Crippen LogP contribution in [0.25, 0.3) is 0 Å². The Bertz CT molecular complexity index is 571. The number of hydrogen-bond donors (Lipinski definition) is 2. The summed E-state index contributed by atoms with van der Waals surface area (Å²) in [4.78, 5) is 16.4. The number of hydrogen-bond acceptors (Lipinski definition) is 3. The Labute approximate surface area is 118 Å². The molecule has 3 rings (SSSR count). The van der Waals surface area contributed by atoms with Crippen molar-refractivity contribution in [3.63, 3.8) is 0 Å². The predicted octanol–water partition coefficient (Wildman–Crippen LogP) is 2.02. The maximum absolute atomic E-state index is 12.4. The van der Waals surface area contributed by atoms with E-state index >= 15 is 0 Å². The molecule has 0 bridgehead atoms. The number of amides is 1. The lowest BCUT2D eigenvalue weighted by atomic mass is 9.88. The molecule has 20 heavy (non-hydrogen) atoms. The third kappa shape index (κ3) is 2.70. The summed E-state index contributed by atoms with van der Waals surface area (Å²) >= 11 is 0. The van der Waals surface area contributed by atoms with E-state index in [1.54, 1.807) is 12.4 Å². The minimum absolute atomic E-state index is 0.0439. The zero-order valence-electron chi connectivity index (χ0n) is 11.1. The van der Waals surface area contributed by atoms with Crippen LogP contribution in [0.1, 0.15) is 11.5 Å². The molecule has 1 amide bonds. The summed E-state index contributed by atoms with van der Waals surface area (Å²) in [5.41, 5.74) is 1.96. The van der Waals surface area contributed by atoms with Crippen molar-refractivity contribution in [3.8, 4) is 0 Å². The van der Waals surface area contributed by atoms with Crippen molar-refractivity contribution >= 4 is 11.6 Å². The highest BCUT2D eigenvalue weighted by atomic mass is 16.1. The van der Waals surface area contributed by atoms with Crippen LogP contribution < -0.4 is 10.6 Å². The number of nitrogens with zero attached hydrogens (tertiary/aromatic N) is 1. The van der Waals surface area contributed by atoms with Gasteiger partial charge >= 0.3 is 0 Å². The van der Waals surface area contributed by atoms with E-state index in [4.69, 9.17) is 0 Å². The zero-order chi connectivity index (χ0) is 13.8. The number of carbonyl (C=O) groups excluding carboxylic acids is 1. The summed E-state index contributed by atoms with van der Waals surface area (Å²) in [5.74, 6) is 0.238. The van der Waals surface area contributed by atoms with E-state index in [2.05, 4.69) is 27.8 Å². The van der Waals surface area contributed by atoms with Gasteiger partial charge in [0.15, 0.2) is 0 Å². The molecule has 4 nitrogen and oxygen atoms in total. The van der Waals surface area contributed by atoms with Gasteiger partial charge in [0.25, 0.3) is 0 Å². The summed E-state index contributed by atoms with van der Waals surface area (Å²) in [7, 11) is 0. The van der Waals surface area contributed by atoms with Gasteiger partial charge in [0.05, 0.1) is 17.8 Å². The molecular formula is C16H17N3O.